The van der Waals surface area contributed by atoms with Crippen molar-refractivity contribution in [2.75, 3.05) is 0 Å². The third-order valence-electron chi connectivity index (χ3n) is 4.10. The molecule has 0 atom stereocenters. The molecule has 4 aromatic heterocycles. The lowest BCUT2D eigenvalue weighted by atomic mass is 10.1. The maximum absolute atomic E-state index is 13.6. The highest BCUT2D eigenvalue weighted by Crippen LogP contribution is 2.31. The van der Waals surface area contributed by atoms with Crippen LogP contribution in [0.25, 0.3) is 28.3 Å². The van der Waals surface area contributed by atoms with Crippen molar-refractivity contribution in [3.05, 3.63) is 60.7 Å². The first kappa shape index (κ1) is 16.3. The van der Waals surface area contributed by atoms with Crippen molar-refractivity contribution in [3.63, 3.8) is 0 Å². The second-order valence-electron chi connectivity index (χ2n) is 5.86. The predicted octanol–water partition coefficient (Wildman–Crippen LogP) is 3.97. The zero-order valence-electron chi connectivity index (χ0n) is 13.8. The molecule has 4 rings (SSSR count). The molecule has 0 bridgehead atoms. The number of hydrogen-bond acceptors (Lipinski definition) is 3. The minimum atomic E-state index is -2.53. The van der Waals surface area contributed by atoms with E-state index in [1.165, 1.54) is 23.0 Å². The second kappa shape index (κ2) is 6.29. The first-order valence-electron chi connectivity index (χ1n) is 7.93. The molecular weight excluding hydrogens is 343 g/mol. The summed E-state index contributed by atoms with van der Waals surface area (Å²) in [5.74, 6) is -0.429. The maximum atomic E-state index is 13.6. The van der Waals surface area contributed by atoms with Crippen LogP contribution in [0.15, 0.2) is 49.2 Å². The molecule has 0 saturated carbocycles. The number of nitrogens with zero attached hydrogens (tertiary/aromatic N) is 5. The summed E-state index contributed by atoms with van der Waals surface area (Å²) in [6, 6.07) is 6.38. The molecule has 0 unspecified atom stereocenters. The van der Waals surface area contributed by atoms with E-state index in [2.05, 4.69) is 15.0 Å². The topological polar surface area (TPSA) is 48.0 Å². The van der Waals surface area contributed by atoms with Gasteiger partial charge >= 0.3 is 0 Å². The lowest BCUT2D eigenvalue weighted by molar-refractivity contribution is 0.127. The number of imidazole rings is 2. The number of aryl methyl sites for hydroxylation is 1. The summed E-state index contributed by atoms with van der Waals surface area (Å²) >= 11 is 0. The van der Waals surface area contributed by atoms with Gasteiger partial charge in [0.2, 0.25) is 0 Å². The van der Waals surface area contributed by atoms with Gasteiger partial charge in [0.25, 0.3) is 6.43 Å². The van der Waals surface area contributed by atoms with E-state index in [0.717, 1.165) is 5.65 Å². The Morgan fingerprint density at radius 1 is 1.12 bits per heavy atom. The second-order valence-corrected chi connectivity index (χ2v) is 5.86. The van der Waals surface area contributed by atoms with Crippen LogP contribution in [0.2, 0.25) is 0 Å². The van der Waals surface area contributed by atoms with Crippen LogP contribution >= 0.6 is 0 Å². The van der Waals surface area contributed by atoms with Gasteiger partial charge in [-0.1, -0.05) is 0 Å². The molecule has 8 heteroatoms. The molecule has 0 aliphatic heterocycles. The van der Waals surface area contributed by atoms with E-state index in [-0.39, 0.29) is 5.69 Å². The first-order chi connectivity index (χ1) is 12.5. The van der Waals surface area contributed by atoms with Crippen LogP contribution in [-0.4, -0.2) is 30.3 Å². The van der Waals surface area contributed by atoms with Gasteiger partial charge in [-0.15, -0.1) is 0 Å². The van der Waals surface area contributed by atoms with Crippen LogP contribution in [0.3, 0.4) is 0 Å². The Morgan fingerprint density at radius 3 is 2.73 bits per heavy atom. The molecule has 0 saturated heterocycles. The van der Waals surface area contributed by atoms with Crippen molar-refractivity contribution >= 4 is 5.65 Å². The van der Waals surface area contributed by atoms with Crippen molar-refractivity contribution in [1.82, 2.24) is 23.9 Å². The van der Waals surface area contributed by atoms with E-state index >= 15 is 0 Å². The van der Waals surface area contributed by atoms with Crippen LogP contribution in [0.1, 0.15) is 5.69 Å². The summed E-state index contributed by atoms with van der Waals surface area (Å²) < 4.78 is 42.8. The molecule has 0 aliphatic carbocycles. The fourth-order valence-electron chi connectivity index (χ4n) is 2.90. The fraction of sp³-hybridized carbons (Fsp3) is 0.167. The molecule has 5 nitrogen and oxygen atoms in total. The smallest absolute Gasteiger partial charge is 0.256 e. The summed E-state index contributed by atoms with van der Waals surface area (Å²) in [7, 11) is 0. The number of halogens is 3. The molecule has 0 radical (unpaired) electrons. The molecule has 26 heavy (non-hydrogen) atoms. The third kappa shape index (κ3) is 2.83. The van der Waals surface area contributed by atoms with Gasteiger partial charge in [-0.2, -0.15) is 0 Å². The summed E-state index contributed by atoms with van der Waals surface area (Å²) in [5, 5.41) is 0. The van der Waals surface area contributed by atoms with Gasteiger partial charge < -0.3 is 8.97 Å². The summed E-state index contributed by atoms with van der Waals surface area (Å²) in [6.07, 6.45) is 4.04. The van der Waals surface area contributed by atoms with Gasteiger partial charge in [-0.3, -0.25) is 0 Å². The van der Waals surface area contributed by atoms with Gasteiger partial charge in [-0.05, 0) is 31.2 Å². The minimum absolute atomic E-state index is 0.224. The largest absolute Gasteiger partial charge is 0.324 e. The van der Waals surface area contributed by atoms with Gasteiger partial charge in [0.15, 0.2) is 0 Å². The maximum Gasteiger partial charge on any atom is 0.256 e. The number of fused-ring (bicyclic) bond motifs is 1. The lowest BCUT2D eigenvalue weighted by Crippen LogP contribution is -2.07. The van der Waals surface area contributed by atoms with Crippen molar-refractivity contribution in [2.45, 2.75) is 19.9 Å². The molecule has 4 heterocycles. The number of aromatic nitrogens is 5. The molecule has 0 aromatic carbocycles. The Kier molecular flexibility index (Phi) is 3.95. The van der Waals surface area contributed by atoms with E-state index in [1.807, 2.05) is 0 Å². The van der Waals surface area contributed by atoms with E-state index in [4.69, 9.17) is 0 Å². The highest BCUT2D eigenvalue weighted by atomic mass is 19.3. The zero-order chi connectivity index (χ0) is 18.3. The van der Waals surface area contributed by atoms with Crippen molar-refractivity contribution in [1.29, 1.82) is 0 Å². The Hall–Kier alpha value is -3.16. The highest BCUT2D eigenvalue weighted by molar-refractivity contribution is 5.77. The Morgan fingerprint density at radius 2 is 1.96 bits per heavy atom. The summed E-state index contributed by atoms with van der Waals surface area (Å²) in [6.45, 7) is 1.05. The molecule has 0 aliphatic rings. The van der Waals surface area contributed by atoms with Crippen molar-refractivity contribution in [3.8, 4) is 22.6 Å². The molecule has 0 fully saturated rings. The van der Waals surface area contributed by atoms with E-state index in [1.54, 1.807) is 42.0 Å². The number of pyridine rings is 2. The fourth-order valence-corrected chi connectivity index (χ4v) is 2.90. The van der Waals surface area contributed by atoms with Crippen molar-refractivity contribution in [2.24, 2.45) is 0 Å². The minimum Gasteiger partial charge on any atom is -0.324 e. The number of rotatable bonds is 4. The van der Waals surface area contributed by atoms with Gasteiger partial charge in [0.05, 0.1) is 30.0 Å². The molecule has 4 aromatic rings. The third-order valence-corrected chi connectivity index (χ3v) is 4.10. The monoisotopic (exact) mass is 357 g/mol. The normalized spacial score (nSPS) is 11.6. The van der Waals surface area contributed by atoms with Crippen LogP contribution in [0, 0.1) is 12.7 Å². The Balaban J connectivity index is 1.91. The van der Waals surface area contributed by atoms with E-state index in [9.17, 15) is 13.2 Å². The van der Waals surface area contributed by atoms with E-state index in [0.29, 0.717) is 22.6 Å². The SMILES string of the molecule is Cc1nc(-c2ncn(CC(F)F)c2-c2ccc3nccn3c2)ccc1F. The molecule has 132 valence electrons. The number of alkyl halides is 2. The molecule has 0 spiro atoms. The molecular formula is C18H14F3N5. The van der Waals surface area contributed by atoms with Crippen LogP contribution in [0.4, 0.5) is 13.2 Å². The predicted molar refractivity (Wildman–Crippen MR) is 90.3 cm³/mol. The molecule has 0 N–H and O–H groups in total. The summed E-state index contributed by atoms with van der Waals surface area (Å²) in [4.78, 5) is 12.7. The lowest BCUT2D eigenvalue weighted by Gasteiger charge is -2.11. The average molecular weight is 357 g/mol. The number of hydrogen-bond donors (Lipinski definition) is 0. The van der Waals surface area contributed by atoms with Gasteiger partial charge in [-0.25, -0.2) is 28.1 Å². The van der Waals surface area contributed by atoms with Gasteiger partial charge in [0, 0.05) is 24.2 Å². The highest BCUT2D eigenvalue weighted by Gasteiger charge is 2.19. The van der Waals surface area contributed by atoms with Crippen molar-refractivity contribution < 1.29 is 13.2 Å². The van der Waals surface area contributed by atoms with Crippen LogP contribution in [-0.2, 0) is 6.54 Å². The quantitative estimate of drug-likeness (QED) is 0.555. The van der Waals surface area contributed by atoms with E-state index < -0.39 is 18.8 Å². The van der Waals surface area contributed by atoms with Crippen LogP contribution in [0.5, 0.6) is 0 Å². The average Bonchev–Trinajstić information content (AvgIpc) is 3.22. The Labute approximate surface area is 146 Å². The first-order valence-corrected chi connectivity index (χ1v) is 7.93. The van der Waals surface area contributed by atoms with Crippen LogP contribution < -0.4 is 0 Å². The summed E-state index contributed by atoms with van der Waals surface area (Å²) in [5.41, 5.74) is 3.01. The van der Waals surface area contributed by atoms with Gasteiger partial charge in [0.1, 0.15) is 17.2 Å². The standard InChI is InChI=1S/C18H14F3N5/c1-11-13(19)3-4-14(24-11)17-18(26(10-23-17)9-15(20)21)12-2-5-16-22-6-7-25(16)8-12/h2-8,10,15H,9H2,1H3. The zero-order valence-corrected chi connectivity index (χ0v) is 13.8. The molecule has 0 amide bonds. The Bertz CT molecular complexity index is 1080.